The molecule has 1 heterocycles. The molecule has 0 aromatic carbocycles. The lowest BCUT2D eigenvalue weighted by molar-refractivity contribution is 0.0690. The van der Waals surface area contributed by atoms with Gasteiger partial charge in [-0.15, -0.1) is 6.42 Å². The second-order valence-electron chi connectivity index (χ2n) is 3.00. The van der Waals surface area contributed by atoms with Crippen LogP contribution in [0.25, 0.3) is 0 Å². The molecule has 0 spiro atoms. The van der Waals surface area contributed by atoms with Crippen LogP contribution in [0, 0.1) is 12.3 Å². The van der Waals surface area contributed by atoms with E-state index in [9.17, 15) is 4.79 Å². The second kappa shape index (κ2) is 5.78. The molecule has 0 radical (unpaired) electrons. The zero-order chi connectivity index (χ0) is 12.0. The van der Waals surface area contributed by atoms with Gasteiger partial charge in [0.05, 0.1) is 6.61 Å². The molecule has 0 bridgehead atoms. The number of anilines is 1. The van der Waals surface area contributed by atoms with E-state index in [1.807, 2.05) is 0 Å². The summed E-state index contributed by atoms with van der Waals surface area (Å²) in [6.07, 6.45) is 6.10. The summed E-state index contributed by atoms with van der Waals surface area (Å²) in [7, 11) is 1.72. The van der Waals surface area contributed by atoms with Crippen LogP contribution in [0.3, 0.4) is 0 Å². The third-order valence-corrected chi connectivity index (χ3v) is 1.79. The zero-order valence-electron chi connectivity index (χ0n) is 8.84. The second-order valence-corrected chi connectivity index (χ2v) is 3.00. The van der Waals surface area contributed by atoms with Crippen molar-refractivity contribution in [2.45, 2.75) is 0 Å². The van der Waals surface area contributed by atoms with Crippen LogP contribution >= 0.6 is 0 Å². The summed E-state index contributed by atoms with van der Waals surface area (Å²) < 4.78 is 10.0. The number of likely N-dealkylation sites (N-methyl/N-ethyl adjacent to an activating group) is 1. The molecule has 0 saturated heterocycles. The first kappa shape index (κ1) is 12.1. The Balaban J connectivity index is 2.43. The van der Waals surface area contributed by atoms with Crippen molar-refractivity contribution >= 4 is 12.0 Å². The SMILES string of the molecule is C#CCOCCN(C)c1nc(C(=O)O)co1. The number of carboxylic acids is 1. The maximum absolute atomic E-state index is 10.5. The topological polar surface area (TPSA) is 75.8 Å². The number of terminal acetylenes is 1. The van der Waals surface area contributed by atoms with Crippen molar-refractivity contribution in [2.24, 2.45) is 0 Å². The molecule has 0 fully saturated rings. The maximum Gasteiger partial charge on any atom is 0.357 e. The Morgan fingerprint density at radius 1 is 1.81 bits per heavy atom. The number of rotatable bonds is 6. The summed E-state index contributed by atoms with van der Waals surface area (Å²) in [6.45, 7) is 1.19. The van der Waals surface area contributed by atoms with Gasteiger partial charge in [0, 0.05) is 13.6 Å². The van der Waals surface area contributed by atoms with Crippen molar-refractivity contribution in [1.82, 2.24) is 4.98 Å². The fourth-order valence-corrected chi connectivity index (χ4v) is 0.966. The number of oxazole rings is 1. The zero-order valence-corrected chi connectivity index (χ0v) is 8.84. The van der Waals surface area contributed by atoms with E-state index in [1.165, 1.54) is 0 Å². The summed E-state index contributed by atoms with van der Waals surface area (Å²) in [6, 6.07) is 0.238. The van der Waals surface area contributed by atoms with Gasteiger partial charge in [0.1, 0.15) is 12.9 Å². The van der Waals surface area contributed by atoms with Gasteiger partial charge < -0.3 is 19.2 Å². The van der Waals surface area contributed by atoms with Crippen LogP contribution < -0.4 is 4.90 Å². The molecule has 16 heavy (non-hydrogen) atoms. The molecule has 0 atom stereocenters. The normalized spacial score (nSPS) is 9.75. The number of ether oxygens (including phenoxy) is 1. The number of carbonyl (C=O) groups is 1. The smallest absolute Gasteiger partial charge is 0.357 e. The van der Waals surface area contributed by atoms with Crippen LogP contribution in [-0.4, -0.2) is 42.9 Å². The van der Waals surface area contributed by atoms with Gasteiger partial charge in [0.2, 0.25) is 0 Å². The van der Waals surface area contributed by atoms with Crippen LogP contribution in [0.4, 0.5) is 6.01 Å². The van der Waals surface area contributed by atoms with Crippen molar-refractivity contribution in [1.29, 1.82) is 0 Å². The lowest BCUT2D eigenvalue weighted by Crippen LogP contribution is -2.23. The Morgan fingerprint density at radius 2 is 2.56 bits per heavy atom. The van der Waals surface area contributed by atoms with Gasteiger partial charge in [-0.3, -0.25) is 0 Å². The summed E-state index contributed by atoms with van der Waals surface area (Å²) >= 11 is 0. The Labute approximate surface area is 92.8 Å². The predicted octanol–water partition coefficient (Wildman–Crippen LogP) is 0.459. The van der Waals surface area contributed by atoms with E-state index in [0.717, 1.165) is 6.26 Å². The number of aromatic nitrogens is 1. The fraction of sp³-hybridized carbons (Fsp3) is 0.400. The molecule has 1 N–H and O–H groups in total. The van der Waals surface area contributed by atoms with E-state index < -0.39 is 5.97 Å². The molecule has 6 heteroatoms. The first-order valence-corrected chi connectivity index (χ1v) is 4.56. The molecule has 0 aliphatic heterocycles. The minimum Gasteiger partial charge on any atom is -0.476 e. The van der Waals surface area contributed by atoms with Crippen LogP contribution in [-0.2, 0) is 4.74 Å². The Bertz CT molecular complexity index is 394. The number of hydrogen-bond donors (Lipinski definition) is 1. The lowest BCUT2D eigenvalue weighted by atomic mass is 10.5. The summed E-state index contributed by atoms with van der Waals surface area (Å²) in [5.41, 5.74) is -0.119. The maximum atomic E-state index is 10.5. The Morgan fingerprint density at radius 3 is 3.12 bits per heavy atom. The minimum atomic E-state index is -1.12. The minimum absolute atomic E-state index is 0.119. The van der Waals surface area contributed by atoms with Crippen molar-refractivity contribution < 1.29 is 19.1 Å². The summed E-state index contributed by atoms with van der Waals surface area (Å²) in [5, 5.41) is 8.64. The Hall–Kier alpha value is -2.00. The summed E-state index contributed by atoms with van der Waals surface area (Å²) in [4.78, 5) is 16.0. The highest BCUT2D eigenvalue weighted by Crippen LogP contribution is 2.11. The number of hydrogen-bond acceptors (Lipinski definition) is 5. The monoisotopic (exact) mass is 224 g/mol. The average Bonchev–Trinajstić information content (AvgIpc) is 2.73. The lowest BCUT2D eigenvalue weighted by Gasteiger charge is -2.13. The van der Waals surface area contributed by atoms with Crippen molar-refractivity contribution in [3.63, 3.8) is 0 Å². The predicted molar refractivity (Wildman–Crippen MR) is 56.4 cm³/mol. The Kier molecular flexibility index (Phi) is 4.36. The fourth-order valence-electron chi connectivity index (χ4n) is 0.966. The molecule has 1 aromatic rings. The highest BCUT2D eigenvalue weighted by atomic mass is 16.5. The molecular formula is C10H12N2O4. The number of nitrogens with zero attached hydrogens (tertiary/aromatic N) is 2. The van der Waals surface area contributed by atoms with E-state index in [0.29, 0.717) is 13.2 Å². The van der Waals surface area contributed by atoms with Gasteiger partial charge in [-0.25, -0.2) is 4.79 Å². The molecule has 0 saturated carbocycles. The highest BCUT2D eigenvalue weighted by molar-refractivity contribution is 5.85. The van der Waals surface area contributed by atoms with E-state index >= 15 is 0 Å². The third kappa shape index (κ3) is 3.29. The molecule has 86 valence electrons. The molecule has 0 amide bonds. The molecule has 0 aliphatic rings. The van der Waals surface area contributed by atoms with E-state index in [4.69, 9.17) is 20.7 Å². The van der Waals surface area contributed by atoms with E-state index in [1.54, 1.807) is 11.9 Å². The quantitative estimate of drug-likeness (QED) is 0.558. The summed E-state index contributed by atoms with van der Waals surface area (Å²) in [5.74, 6) is 1.22. The standard InChI is InChI=1S/C10H12N2O4/c1-3-5-15-6-4-12(2)10-11-8(7-16-10)9(13)14/h1,7H,4-6H2,2H3,(H,13,14). The van der Waals surface area contributed by atoms with E-state index in [-0.39, 0.29) is 18.3 Å². The van der Waals surface area contributed by atoms with Crippen LogP contribution in [0.1, 0.15) is 10.5 Å². The number of aromatic carboxylic acids is 1. The van der Waals surface area contributed by atoms with Crippen LogP contribution in [0.15, 0.2) is 10.7 Å². The largest absolute Gasteiger partial charge is 0.476 e. The van der Waals surface area contributed by atoms with Gasteiger partial charge in [-0.2, -0.15) is 4.98 Å². The molecule has 1 rings (SSSR count). The van der Waals surface area contributed by atoms with Crippen molar-refractivity contribution in [2.75, 3.05) is 31.7 Å². The molecule has 0 aliphatic carbocycles. The molecular weight excluding hydrogens is 212 g/mol. The van der Waals surface area contributed by atoms with Crippen LogP contribution in [0.2, 0.25) is 0 Å². The van der Waals surface area contributed by atoms with Crippen molar-refractivity contribution in [3.05, 3.63) is 12.0 Å². The van der Waals surface area contributed by atoms with Crippen molar-refractivity contribution in [3.8, 4) is 12.3 Å². The number of carboxylic acid groups (broad SMARTS) is 1. The van der Waals surface area contributed by atoms with Gasteiger partial charge in [0.25, 0.3) is 6.01 Å². The van der Waals surface area contributed by atoms with Gasteiger partial charge >= 0.3 is 5.97 Å². The molecule has 6 nitrogen and oxygen atoms in total. The van der Waals surface area contributed by atoms with Gasteiger partial charge in [0.15, 0.2) is 5.69 Å². The molecule has 1 aromatic heterocycles. The third-order valence-electron chi connectivity index (χ3n) is 1.79. The first-order valence-electron chi connectivity index (χ1n) is 4.56. The molecule has 0 unspecified atom stereocenters. The van der Waals surface area contributed by atoms with Gasteiger partial charge in [-0.05, 0) is 0 Å². The van der Waals surface area contributed by atoms with Gasteiger partial charge in [-0.1, -0.05) is 5.92 Å². The van der Waals surface area contributed by atoms with Crippen LogP contribution in [0.5, 0.6) is 0 Å². The highest BCUT2D eigenvalue weighted by Gasteiger charge is 2.13. The average molecular weight is 224 g/mol. The van der Waals surface area contributed by atoms with E-state index in [2.05, 4.69) is 10.9 Å². The first-order chi connectivity index (χ1) is 7.65.